The molecular formula is C29H28N4O3. The molecular weight excluding hydrogens is 452 g/mol. The number of aromatic amines is 2. The van der Waals surface area contributed by atoms with Crippen molar-refractivity contribution in [2.24, 2.45) is 11.8 Å². The van der Waals surface area contributed by atoms with Crippen LogP contribution in [0.4, 0.5) is 0 Å². The largest absolute Gasteiger partial charge is 0.361 e. The van der Waals surface area contributed by atoms with Gasteiger partial charge in [-0.1, -0.05) is 48.6 Å². The molecule has 0 aliphatic carbocycles. The first-order chi connectivity index (χ1) is 17.6. The van der Waals surface area contributed by atoms with Gasteiger partial charge in [0.05, 0.1) is 24.5 Å². The molecule has 2 saturated heterocycles. The van der Waals surface area contributed by atoms with Crippen molar-refractivity contribution in [3.05, 3.63) is 84.2 Å². The van der Waals surface area contributed by atoms with Crippen molar-refractivity contribution in [2.45, 2.75) is 24.5 Å². The van der Waals surface area contributed by atoms with Gasteiger partial charge in [-0.05, 0) is 36.1 Å². The summed E-state index contributed by atoms with van der Waals surface area (Å²) in [5.74, 6) is -1.01. The summed E-state index contributed by atoms with van der Waals surface area (Å²) < 4.78 is 6.29. The maximum Gasteiger partial charge on any atom is 0.230 e. The molecule has 2 fully saturated rings. The van der Waals surface area contributed by atoms with Gasteiger partial charge in [0.1, 0.15) is 5.60 Å². The third kappa shape index (κ3) is 3.23. The SMILES string of the molecule is O=C(NCCc1c[nH]c2ccccc12)[C@@H]1[C@@H]2C=C[C@]3(CN(CCc4c[nH]c5ccccc45)C(=O)[C@@H]13)O2. The molecule has 7 rings (SSSR count). The van der Waals surface area contributed by atoms with Crippen LogP contribution in [0.5, 0.6) is 0 Å². The molecule has 2 aromatic heterocycles. The summed E-state index contributed by atoms with van der Waals surface area (Å²) in [4.78, 5) is 35.3. The first kappa shape index (κ1) is 21.4. The Morgan fingerprint density at radius 3 is 2.39 bits per heavy atom. The lowest BCUT2D eigenvalue weighted by atomic mass is 9.77. The Bertz CT molecular complexity index is 1520. The molecule has 3 N–H and O–H groups in total. The van der Waals surface area contributed by atoms with Crippen LogP contribution in [-0.2, 0) is 27.2 Å². The zero-order valence-electron chi connectivity index (χ0n) is 19.9. The van der Waals surface area contributed by atoms with E-state index in [1.54, 1.807) is 0 Å². The highest BCUT2D eigenvalue weighted by Crippen LogP contribution is 2.51. The Kier molecular flexibility index (Phi) is 4.82. The Hall–Kier alpha value is -3.84. The minimum absolute atomic E-state index is 0.0264. The van der Waals surface area contributed by atoms with Gasteiger partial charge in [-0.2, -0.15) is 0 Å². The number of carbonyl (C=O) groups excluding carboxylic acids is 2. The fourth-order valence-electron chi connectivity index (χ4n) is 6.44. The van der Waals surface area contributed by atoms with Crippen molar-refractivity contribution in [2.75, 3.05) is 19.6 Å². The van der Waals surface area contributed by atoms with Crippen molar-refractivity contribution < 1.29 is 14.3 Å². The molecule has 2 bridgehead atoms. The third-order valence-electron chi connectivity index (χ3n) is 8.18. The number of para-hydroxylation sites is 2. The average molecular weight is 481 g/mol. The molecule has 2 aromatic carbocycles. The number of hydrogen-bond acceptors (Lipinski definition) is 3. The van der Waals surface area contributed by atoms with Crippen molar-refractivity contribution >= 4 is 33.6 Å². The standard InChI is InChI=1S/C29H28N4O3/c34-27(30-13-10-18-15-31-22-7-3-1-5-20(18)22)25-24-9-12-29(36-24)17-33(28(35)26(25)29)14-11-19-16-32-23-8-4-2-6-21(19)23/h1-9,12,15-16,24-26,31-32H,10-11,13-14,17H2,(H,30,34)/t24-,25+,26+,29+/m0/s1. The number of ether oxygens (including phenoxy) is 1. The molecule has 3 aliphatic rings. The van der Waals surface area contributed by atoms with Crippen molar-refractivity contribution in [1.82, 2.24) is 20.2 Å². The van der Waals surface area contributed by atoms with Crippen LogP contribution >= 0.6 is 0 Å². The zero-order chi connectivity index (χ0) is 24.3. The Morgan fingerprint density at radius 1 is 1.00 bits per heavy atom. The molecule has 4 aromatic rings. The number of nitrogens with zero attached hydrogens (tertiary/aromatic N) is 1. The highest BCUT2D eigenvalue weighted by molar-refractivity contribution is 5.93. The topological polar surface area (TPSA) is 90.2 Å². The molecule has 0 radical (unpaired) electrons. The Labute approximate surface area is 208 Å². The summed E-state index contributed by atoms with van der Waals surface area (Å²) in [5.41, 5.74) is 3.88. The first-order valence-electron chi connectivity index (χ1n) is 12.7. The van der Waals surface area contributed by atoms with Crippen LogP contribution in [0, 0.1) is 11.8 Å². The van der Waals surface area contributed by atoms with E-state index in [-0.39, 0.29) is 17.9 Å². The highest BCUT2D eigenvalue weighted by Gasteiger charge is 2.66. The van der Waals surface area contributed by atoms with Gasteiger partial charge < -0.3 is 24.9 Å². The molecule has 36 heavy (non-hydrogen) atoms. The summed E-state index contributed by atoms with van der Waals surface area (Å²) in [6, 6.07) is 16.4. The lowest BCUT2D eigenvalue weighted by Gasteiger charge is -2.23. The van der Waals surface area contributed by atoms with Gasteiger partial charge in [0, 0.05) is 47.3 Å². The van der Waals surface area contributed by atoms with E-state index in [4.69, 9.17) is 4.74 Å². The molecule has 182 valence electrons. The summed E-state index contributed by atoms with van der Waals surface area (Å²) in [6.07, 6.45) is 9.16. The zero-order valence-corrected chi connectivity index (χ0v) is 19.9. The first-order valence-corrected chi connectivity index (χ1v) is 12.7. The van der Waals surface area contributed by atoms with Crippen LogP contribution in [-0.4, -0.2) is 58.0 Å². The van der Waals surface area contributed by atoms with Gasteiger partial charge in [-0.3, -0.25) is 9.59 Å². The molecule has 3 aliphatic heterocycles. The smallest absolute Gasteiger partial charge is 0.230 e. The molecule has 0 saturated carbocycles. The molecule has 1 spiro atoms. The molecule has 7 nitrogen and oxygen atoms in total. The van der Waals surface area contributed by atoms with E-state index in [2.05, 4.69) is 33.5 Å². The lowest BCUT2D eigenvalue weighted by Crippen LogP contribution is -2.44. The van der Waals surface area contributed by atoms with Crippen molar-refractivity contribution in [3.63, 3.8) is 0 Å². The van der Waals surface area contributed by atoms with Gasteiger partial charge >= 0.3 is 0 Å². The number of rotatable bonds is 7. The maximum atomic E-state index is 13.5. The van der Waals surface area contributed by atoms with E-state index < -0.39 is 17.4 Å². The fraction of sp³-hybridized carbons (Fsp3) is 0.310. The molecule has 2 amide bonds. The number of amides is 2. The highest BCUT2D eigenvalue weighted by atomic mass is 16.5. The monoisotopic (exact) mass is 480 g/mol. The predicted octanol–water partition coefficient (Wildman–Crippen LogP) is 3.33. The van der Waals surface area contributed by atoms with Gasteiger partial charge in [0.25, 0.3) is 0 Å². The van der Waals surface area contributed by atoms with E-state index in [0.717, 1.165) is 23.9 Å². The van der Waals surface area contributed by atoms with Gasteiger partial charge in [-0.25, -0.2) is 0 Å². The Balaban J connectivity index is 1.03. The Morgan fingerprint density at radius 2 is 1.67 bits per heavy atom. The number of hydrogen-bond donors (Lipinski definition) is 3. The predicted molar refractivity (Wildman–Crippen MR) is 137 cm³/mol. The van der Waals surface area contributed by atoms with Crippen LogP contribution in [0.2, 0.25) is 0 Å². The number of carbonyl (C=O) groups is 2. The quantitative estimate of drug-likeness (QED) is 0.355. The number of nitrogens with one attached hydrogen (secondary N) is 3. The second-order valence-electron chi connectivity index (χ2n) is 10.2. The van der Waals surface area contributed by atoms with E-state index in [1.807, 2.05) is 59.8 Å². The summed E-state index contributed by atoms with van der Waals surface area (Å²) >= 11 is 0. The van der Waals surface area contributed by atoms with E-state index in [9.17, 15) is 9.59 Å². The lowest BCUT2D eigenvalue weighted by molar-refractivity contribution is -0.137. The molecule has 0 unspecified atom stereocenters. The number of H-pyrrole nitrogens is 2. The van der Waals surface area contributed by atoms with Crippen molar-refractivity contribution in [3.8, 4) is 0 Å². The molecule has 4 atom stereocenters. The second kappa shape index (κ2) is 8.10. The maximum absolute atomic E-state index is 13.5. The summed E-state index contributed by atoms with van der Waals surface area (Å²) in [5, 5.41) is 5.45. The summed E-state index contributed by atoms with van der Waals surface area (Å²) in [7, 11) is 0. The van der Waals surface area contributed by atoms with E-state index in [1.165, 1.54) is 21.9 Å². The minimum Gasteiger partial charge on any atom is -0.361 e. The van der Waals surface area contributed by atoms with Crippen LogP contribution in [0.1, 0.15) is 11.1 Å². The molecule has 5 heterocycles. The molecule has 7 heteroatoms. The number of fused-ring (bicyclic) bond motifs is 3. The van der Waals surface area contributed by atoms with Gasteiger partial charge in [0.2, 0.25) is 11.8 Å². The normalized spacial score (nSPS) is 26.4. The minimum atomic E-state index is -0.680. The average Bonchev–Trinajstić information content (AvgIpc) is 3.70. The van der Waals surface area contributed by atoms with E-state index in [0.29, 0.717) is 19.6 Å². The third-order valence-corrected chi connectivity index (χ3v) is 8.18. The van der Waals surface area contributed by atoms with Gasteiger partial charge in [0.15, 0.2) is 0 Å². The number of likely N-dealkylation sites (tertiary alicyclic amines) is 1. The fourth-order valence-corrected chi connectivity index (χ4v) is 6.44. The second-order valence-corrected chi connectivity index (χ2v) is 10.2. The number of benzene rings is 2. The van der Waals surface area contributed by atoms with Crippen LogP contribution in [0.3, 0.4) is 0 Å². The van der Waals surface area contributed by atoms with Gasteiger partial charge in [-0.15, -0.1) is 0 Å². The number of aromatic nitrogens is 2. The van der Waals surface area contributed by atoms with Crippen LogP contribution in [0.25, 0.3) is 21.8 Å². The van der Waals surface area contributed by atoms with Crippen LogP contribution < -0.4 is 5.32 Å². The van der Waals surface area contributed by atoms with Crippen LogP contribution in [0.15, 0.2) is 73.1 Å². The van der Waals surface area contributed by atoms with Crippen molar-refractivity contribution in [1.29, 1.82) is 0 Å². The van der Waals surface area contributed by atoms with E-state index >= 15 is 0 Å². The summed E-state index contributed by atoms with van der Waals surface area (Å²) in [6.45, 7) is 1.63.